The molecule has 2 aromatic carbocycles. The van der Waals surface area contributed by atoms with Gasteiger partial charge in [-0.25, -0.2) is 0 Å². The highest BCUT2D eigenvalue weighted by atomic mass is 16.5. The summed E-state index contributed by atoms with van der Waals surface area (Å²) in [6, 6.07) is 9.53. The van der Waals surface area contributed by atoms with E-state index in [0.717, 1.165) is 5.56 Å². The van der Waals surface area contributed by atoms with Gasteiger partial charge in [-0.3, -0.25) is 4.79 Å². The molecule has 104 valence electrons. The van der Waals surface area contributed by atoms with Crippen LogP contribution in [0, 0.1) is 6.92 Å². The lowest BCUT2D eigenvalue weighted by Gasteiger charge is -2.10. The zero-order chi connectivity index (χ0) is 14.7. The van der Waals surface area contributed by atoms with Crippen molar-refractivity contribution in [2.24, 2.45) is 0 Å². The van der Waals surface area contributed by atoms with Gasteiger partial charge in [-0.15, -0.1) is 0 Å². The van der Waals surface area contributed by atoms with E-state index in [0.29, 0.717) is 0 Å². The van der Waals surface area contributed by atoms with Crippen molar-refractivity contribution in [3.05, 3.63) is 47.5 Å². The van der Waals surface area contributed by atoms with E-state index in [2.05, 4.69) is 5.32 Å². The molecule has 2 aromatic rings. The molecule has 1 amide bonds. The second-order valence-electron chi connectivity index (χ2n) is 4.33. The third-order valence-electron chi connectivity index (χ3n) is 2.86. The molecule has 0 bridgehead atoms. The van der Waals surface area contributed by atoms with Crippen LogP contribution in [0.2, 0.25) is 0 Å². The van der Waals surface area contributed by atoms with Crippen LogP contribution < -0.4 is 10.1 Å². The van der Waals surface area contributed by atoms with Crippen molar-refractivity contribution in [2.75, 3.05) is 12.4 Å². The number of benzene rings is 2. The summed E-state index contributed by atoms with van der Waals surface area (Å²) in [6.45, 7) is 1.83. The van der Waals surface area contributed by atoms with Crippen LogP contribution in [0.3, 0.4) is 0 Å². The highest BCUT2D eigenvalue weighted by Crippen LogP contribution is 2.31. The smallest absolute Gasteiger partial charge is 0.259 e. The zero-order valence-corrected chi connectivity index (χ0v) is 11.2. The van der Waals surface area contributed by atoms with Gasteiger partial charge in [-0.2, -0.15) is 0 Å². The number of hydrogen-bond donors (Lipinski definition) is 3. The number of hydrogen-bond acceptors (Lipinski definition) is 4. The van der Waals surface area contributed by atoms with Crippen LogP contribution >= 0.6 is 0 Å². The molecule has 0 unspecified atom stereocenters. The summed E-state index contributed by atoms with van der Waals surface area (Å²) in [5.41, 5.74) is 1.23. The number of rotatable bonds is 3. The predicted molar refractivity (Wildman–Crippen MR) is 75.5 cm³/mol. The van der Waals surface area contributed by atoms with Gasteiger partial charge in [0.25, 0.3) is 5.91 Å². The van der Waals surface area contributed by atoms with Gasteiger partial charge in [0.05, 0.1) is 18.4 Å². The number of phenolic OH excluding ortho intramolecular Hbond substituents is 2. The van der Waals surface area contributed by atoms with Crippen molar-refractivity contribution in [1.29, 1.82) is 0 Å². The van der Waals surface area contributed by atoms with Gasteiger partial charge in [0.1, 0.15) is 5.75 Å². The summed E-state index contributed by atoms with van der Waals surface area (Å²) in [6.07, 6.45) is 0. The summed E-state index contributed by atoms with van der Waals surface area (Å²) in [5.74, 6) is -0.578. The van der Waals surface area contributed by atoms with Gasteiger partial charge in [0.15, 0.2) is 11.5 Å². The zero-order valence-electron chi connectivity index (χ0n) is 11.2. The first-order valence-electron chi connectivity index (χ1n) is 6.00. The maximum absolute atomic E-state index is 12.1. The maximum atomic E-state index is 12.1. The number of aryl methyl sites for hydroxylation is 1. The van der Waals surface area contributed by atoms with E-state index in [-0.39, 0.29) is 28.5 Å². The molecule has 0 saturated heterocycles. The predicted octanol–water partition coefficient (Wildman–Crippen LogP) is 2.67. The Morgan fingerprint density at radius 3 is 2.60 bits per heavy atom. The average Bonchev–Trinajstić information content (AvgIpc) is 2.42. The molecule has 5 nitrogen and oxygen atoms in total. The van der Waals surface area contributed by atoms with Crippen molar-refractivity contribution in [1.82, 2.24) is 0 Å². The number of para-hydroxylation sites is 1. The van der Waals surface area contributed by atoms with Crippen LogP contribution in [0.1, 0.15) is 15.9 Å². The summed E-state index contributed by atoms with van der Waals surface area (Å²) in [7, 11) is 1.41. The Bertz CT molecular complexity index is 652. The fourth-order valence-electron chi connectivity index (χ4n) is 1.81. The minimum atomic E-state index is -0.527. The fourth-order valence-corrected chi connectivity index (χ4v) is 1.81. The van der Waals surface area contributed by atoms with Crippen LogP contribution in [-0.4, -0.2) is 23.2 Å². The fraction of sp³-hybridized carbons (Fsp3) is 0.133. The first-order valence-corrected chi connectivity index (χ1v) is 6.00. The minimum Gasteiger partial charge on any atom is -0.506 e. The third-order valence-corrected chi connectivity index (χ3v) is 2.86. The van der Waals surface area contributed by atoms with E-state index in [1.54, 1.807) is 30.3 Å². The lowest BCUT2D eigenvalue weighted by atomic mass is 10.1. The third kappa shape index (κ3) is 2.66. The van der Waals surface area contributed by atoms with E-state index in [9.17, 15) is 15.0 Å². The van der Waals surface area contributed by atoms with Crippen molar-refractivity contribution in [3.63, 3.8) is 0 Å². The van der Waals surface area contributed by atoms with Crippen LogP contribution in [0.5, 0.6) is 17.2 Å². The van der Waals surface area contributed by atoms with E-state index in [1.165, 1.54) is 13.2 Å². The average molecular weight is 273 g/mol. The molecular formula is C15H15NO4. The number of amides is 1. The highest BCUT2D eigenvalue weighted by Gasteiger charge is 2.16. The number of nitrogens with one attached hydrogen (secondary N) is 1. The summed E-state index contributed by atoms with van der Waals surface area (Å²) >= 11 is 0. The Labute approximate surface area is 116 Å². The standard InChI is InChI=1S/C15H15NO4/c1-9-6-7-11(12(17)8-9)16-15(19)10-4-3-5-13(20-2)14(10)18/h3-8,17-18H,1-2H3,(H,16,19). The number of carbonyl (C=O) groups is 1. The summed E-state index contributed by atoms with van der Waals surface area (Å²) < 4.78 is 4.95. The Morgan fingerprint density at radius 2 is 1.95 bits per heavy atom. The molecule has 0 radical (unpaired) electrons. The molecule has 0 aliphatic heterocycles. The molecule has 0 aliphatic rings. The Balaban J connectivity index is 2.28. The molecule has 0 atom stereocenters. The highest BCUT2D eigenvalue weighted by molar-refractivity contribution is 6.07. The van der Waals surface area contributed by atoms with Crippen molar-refractivity contribution in [3.8, 4) is 17.2 Å². The lowest BCUT2D eigenvalue weighted by Crippen LogP contribution is -2.12. The second kappa shape index (κ2) is 5.52. The van der Waals surface area contributed by atoms with Gasteiger partial charge in [-0.1, -0.05) is 12.1 Å². The van der Waals surface area contributed by atoms with Gasteiger partial charge >= 0.3 is 0 Å². The number of anilines is 1. The van der Waals surface area contributed by atoms with Crippen molar-refractivity contribution >= 4 is 11.6 Å². The van der Waals surface area contributed by atoms with Crippen molar-refractivity contribution in [2.45, 2.75) is 6.92 Å². The number of ether oxygens (including phenoxy) is 1. The molecule has 0 aliphatic carbocycles. The number of phenols is 2. The molecule has 0 aromatic heterocycles. The Hall–Kier alpha value is -2.69. The van der Waals surface area contributed by atoms with Crippen LogP contribution in [0.4, 0.5) is 5.69 Å². The molecule has 0 heterocycles. The normalized spacial score (nSPS) is 10.1. The molecule has 0 fully saturated rings. The van der Waals surface area contributed by atoms with Crippen LogP contribution in [-0.2, 0) is 0 Å². The number of carbonyl (C=O) groups excluding carboxylic acids is 1. The molecular weight excluding hydrogens is 258 g/mol. The topological polar surface area (TPSA) is 78.8 Å². The summed E-state index contributed by atoms with van der Waals surface area (Å²) in [4.78, 5) is 12.1. The van der Waals surface area contributed by atoms with Gasteiger partial charge < -0.3 is 20.3 Å². The molecule has 5 heteroatoms. The Morgan fingerprint density at radius 1 is 1.20 bits per heavy atom. The minimum absolute atomic E-state index is 0.0271. The number of aromatic hydroxyl groups is 2. The van der Waals surface area contributed by atoms with Gasteiger partial charge in [0, 0.05) is 0 Å². The Kier molecular flexibility index (Phi) is 3.79. The molecule has 0 saturated carbocycles. The molecule has 2 rings (SSSR count). The molecule has 0 spiro atoms. The lowest BCUT2D eigenvalue weighted by molar-refractivity contribution is 0.102. The van der Waals surface area contributed by atoms with Gasteiger partial charge in [-0.05, 0) is 36.8 Å². The molecule has 20 heavy (non-hydrogen) atoms. The first kappa shape index (κ1) is 13.7. The number of methoxy groups -OCH3 is 1. The van der Waals surface area contributed by atoms with Crippen LogP contribution in [0.15, 0.2) is 36.4 Å². The van der Waals surface area contributed by atoms with E-state index in [4.69, 9.17) is 4.74 Å². The molecule has 3 N–H and O–H groups in total. The quantitative estimate of drug-likeness (QED) is 0.751. The summed E-state index contributed by atoms with van der Waals surface area (Å²) in [5, 5.41) is 22.2. The monoisotopic (exact) mass is 273 g/mol. The van der Waals surface area contributed by atoms with Gasteiger partial charge in [0.2, 0.25) is 0 Å². The maximum Gasteiger partial charge on any atom is 0.259 e. The van der Waals surface area contributed by atoms with E-state index < -0.39 is 5.91 Å². The van der Waals surface area contributed by atoms with E-state index >= 15 is 0 Å². The second-order valence-corrected chi connectivity index (χ2v) is 4.33. The van der Waals surface area contributed by atoms with Crippen LogP contribution in [0.25, 0.3) is 0 Å². The SMILES string of the molecule is COc1cccc(C(=O)Nc2ccc(C)cc2O)c1O. The largest absolute Gasteiger partial charge is 0.506 e. The van der Waals surface area contributed by atoms with Crippen molar-refractivity contribution < 1.29 is 19.7 Å². The first-order chi connectivity index (χ1) is 9.52. The van der Waals surface area contributed by atoms with E-state index in [1.807, 2.05) is 6.92 Å².